The van der Waals surface area contributed by atoms with Crippen LogP contribution in [0.15, 0.2) is 83.8 Å². The molecule has 0 saturated heterocycles. The molecule has 1 atom stereocenters. The molecule has 0 bridgehead atoms. The number of hydrogen-bond donors (Lipinski definition) is 2. The lowest BCUT2D eigenvalue weighted by atomic mass is 10.0. The number of halogens is 2. The van der Waals surface area contributed by atoms with Crippen LogP contribution in [0.1, 0.15) is 50.3 Å². The summed E-state index contributed by atoms with van der Waals surface area (Å²) in [5, 5.41) is 12.1. The van der Waals surface area contributed by atoms with Crippen molar-refractivity contribution in [1.82, 2.24) is 14.7 Å². The summed E-state index contributed by atoms with van der Waals surface area (Å²) < 4.78 is 26.8. The molecule has 2 N–H and O–H groups in total. The molecule has 43 heavy (non-hydrogen) atoms. The van der Waals surface area contributed by atoms with Crippen molar-refractivity contribution < 1.29 is 18.3 Å². The van der Waals surface area contributed by atoms with Gasteiger partial charge in [-0.1, -0.05) is 78.5 Å². The molecule has 1 aliphatic rings. The SMILES string of the molecule is O=C(CCCCCCN1CCC(O)c2nc(-c3ccc(Cl)cc3)c(-c3ccc(Cl)cc3)nc21)NS(=O)(=O)c1ccccc1. The molecule has 11 heteroatoms. The number of sulfonamides is 1. The Kier molecular flexibility index (Phi) is 9.97. The van der Waals surface area contributed by atoms with Crippen LogP contribution in [0.2, 0.25) is 10.0 Å². The molecular weight excluding hydrogens is 607 g/mol. The van der Waals surface area contributed by atoms with Gasteiger partial charge >= 0.3 is 0 Å². The normalized spacial score (nSPS) is 14.8. The molecule has 1 amide bonds. The van der Waals surface area contributed by atoms with Crippen LogP contribution in [-0.2, 0) is 14.8 Å². The molecule has 1 aliphatic heterocycles. The average molecular weight is 640 g/mol. The lowest BCUT2D eigenvalue weighted by molar-refractivity contribution is -0.119. The van der Waals surface area contributed by atoms with Gasteiger partial charge in [0.05, 0.1) is 16.3 Å². The smallest absolute Gasteiger partial charge is 0.264 e. The van der Waals surface area contributed by atoms with Gasteiger partial charge in [-0.05, 0) is 55.7 Å². The van der Waals surface area contributed by atoms with Crippen molar-refractivity contribution in [1.29, 1.82) is 0 Å². The second-order valence-electron chi connectivity index (χ2n) is 10.4. The Morgan fingerprint density at radius 1 is 0.837 bits per heavy atom. The number of amides is 1. The quantitative estimate of drug-likeness (QED) is 0.173. The number of aliphatic hydroxyl groups excluding tert-OH is 1. The number of rotatable bonds is 11. The number of benzene rings is 3. The van der Waals surface area contributed by atoms with Crippen molar-refractivity contribution in [2.24, 2.45) is 0 Å². The number of nitrogens with one attached hydrogen (secondary N) is 1. The number of hydrogen-bond acceptors (Lipinski definition) is 7. The molecule has 1 aromatic heterocycles. The summed E-state index contributed by atoms with van der Waals surface area (Å²) in [6.45, 7) is 1.35. The summed E-state index contributed by atoms with van der Waals surface area (Å²) in [6, 6.07) is 22.7. The van der Waals surface area contributed by atoms with E-state index in [1.54, 1.807) is 30.3 Å². The van der Waals surface area contributed by atoms with E-state index in [9.17, 15) is 18.3 Å². The summed E-state index contributed by atoms with van der Waals surface area (Å²) >= 11 is 12.3. The first-order valence-electron chi connectivity index (χ1n) is 14.2. The number of unbranched alkanes of at least 4 members (excludes halogenated alkanes) is 3. The molecule has 0 saturated carbocycles. The van der Waals surface area contributed by atoms with Crippen molar-refractivity contribution >= 4 is 45.0 Å². The van der Waals surface area contributed by atoms with Crippen LogP contribution in [0, 0.1) is 0 Å². The molecule has 0 aliphatic carbocycles. The molecule has 224 valence electrons. The zero-order valence-electron chi connectivity index (χ0n) is 23.4. The van der Waals surface area contributed by atoms with Crippen molar-refractivity contribution in [3.05, 3.63) is 94.6 Å². The van der Waals surface area contributed by atoms with E-state index < -0.39 is 22.0 Å². The van der Waals surface area contributed by atoms with Crippen molar-refractivity contribution in [2.75, 3.05) is 18.0 Å². The van der Waals surface area contributed by atoms with Gasteiger partial charge in [0.2, 0.25) is 5.91 Å². The van der Waals surface area contributed by atoms with Gasteiger partial charge in [0, 0.05) is 40.7 Å². The van der Waals surface area contributed by atoms with E-state index in [0.29, 0.717) is 58.9 Å². The third-order valence-electron chi connectivity index (χ3n) is 7.31. The van der Waals surface area contributed by atoms with Crippen LogP contribution < -0.4 is 9.62 Å². The Hall–Kier alpha value is -3.50. The van der Waals surface area contributed by atoms with Gasteiger partial charge in [-0.15, -0.1) is 0 Å². The Bertz CT molecular complexity index is 1670. The number of aromatic nitrogens is 2. The predicted octanol–water partition coefficient (Wildman–Crippen LogP) is 6.82. The number of nitrogens with zero attached hydrogens (tertiary/aromatic N) is 3. The fourth-order valence-electron chi connectivity index (χ4n) is 5.05. The monoisotopic (exact) mass is 638 g/mol. The molecule has 0 radical (unpaired) electrons. The average Bonchev–Trinajstić information content (AvgIpc) is 3.00. The van der Waals surface area contributed by atoms with E-state index in [0.717, 1.165) is 30.4 Å². The van der Waals surface area contributed by atoms with Crippen LogP contribution >= 0.6 is 23.2 Å². The maximum Gasteiger partial charge on any atom is 0.264 e. The van der Waals surface area contributed by atoms with Crippen LogP contribution in [-0.4, -0.2) is 42.5 Å². The summed E-state index contributed by atoms with van der Waals surface area (Å²) in [4.78, 5) is 24.5. The maximum absolute atomic E-state index is 12.3. The highest BCUT2D eigenvalue weighted by Crippen LogP contribution is 2.38. The van der Waals surface area contributed by atoms with E-state index >= 15 is 0 Å². The number of aliphatic hydroxyl groups is 1. The lowest BCUT2D eigenvalue weighted by Crippen LogP contribution is -2.34. The minimum atomic E-state index is -3.85. The van der Waals surface area contributed by atoms with Crippen molar-refractivity contribution in [2.45, 2.75) is 49.5 Å². The number of carbonyl (C=O) groups is 1. The molecular formula is C32H32Cl2N4O4S. The first kappa shape index (κ1) is 30.9. The van der Waals surface area contributed by atoms with Gasteiger partial charge in [-0.2, -0.15) is 0 Å². The molecule has 2 heterocycles. The summed E-state index contributed by atoms with van der Waals surface area (Å²) in [5.74, 6) is 0.149. The standard InChI is InChI=1S/C32H32Cl2N4O4S/c33-24-15-11-22(12-16-24)29-30(23-13-17-25(34)18-14-23)36-32-31(35-29)27(39)19-21-38(32)20-7-2-1-6-10-28(40)37-43(41,42)26-8-4-3-5-9-26/h3-5,8-9,11-18,27,39H,1-2,6-7,10,19-21H2,(H,37,40). The van der Waals surface area contributed by atoms with E-state index in [1.807, 2.05) is 36.4 Å². The molecule has 0 spiro atoms. The van der Waals surface area contributed by atoms with Gasteiger partial charge < -0.3 is 10.0 Å². The number of carbonyl (C=O) groups excluding carboxylic acids is 1. The minimum absolute atomic E-state index is 0.0675. The van der Waals surface area contributed by atoms with Crippen LogP contribution in [0.5, 0.6) is 0 Å². The largest absolute Gasteiger partial charge is 0.387 e. The Labute approximate surface area is 261 Å². The molecule has 8 nitrogen and oxygen atoms in total. The lowest BCUT2D eigenvalue weighted by Gasteiger charge is -2.33. The molecule has 5 rings (SSSR count). The predicted molar refractivity (Wildman–Crippen MR) is 170 cm³/mol. The van der Waals surface area contributed by atoms with Crippen LogP contribution in [0.3, 0.4) is 0 Å². The molecule has 0 fully saturated rings. The highest BCUT2D eigenvalue weighted by Gasteiger charge is 2.29. The number of anilines is 1. The van der Waals surface area contributed by atoms with E-state index in [1.165, 1.54) is 12.1 Å². The summed E-state index contributed by atoms with van der Waals surface area (Å²) in [6.07, 6.45) is 3.00. The molecule has 3 aromatic carbocycles. The highest BCUT2D eigenvalue weighted by molar-refractivity contribution is 7.90. The fraction of sp³-hybridized carbons (Fsp3) is 0.281. The summed E-state index contributed by atoms with van der Waals surface area (Å²) in [7, 11) is -3.85. The maximum atomic E-state index is 12.3. The summed E-state index contributed by atoms with van der Waals surface area (Å²) in [5.41, 5.74) is 3.59. The molecule has 1 unspecified atom stereocenters. The van der Waals surface area contributed by atoms with Crippen molar-refractivity contribution in [3.63, 3.8) is 0 Å². The second kappa shape index (κ2) is 13.9. The first-order chi connectivity index (χ1) is 20.7. The minimum Gasteiger partial charge on any atom is -0.387 e. The third-order valence-corrected chi connectivity index (χ3v) is 9.20. The van der Waals surface area contributed by atoms with Gasteiger partial charge in [0.25, 0.3) is 10.0 Å². The molecule has 4 aromatic rings. The zero-order valence-corrected chi connectivity index (χ0v) is 25.7. The van der Waals surface area contributed by atoms with E-state index in [4.69, 9.17) is 33.2 Å². The van der Waals surface area contributed by atoms with Gasteiger partial charge in [-0.25, -0.2) is 23.1 Å². The van der Waals surface area contributed by atoms with Crippen LogP contribution in [0.4, 0.5) is 5.82 Å². The Balaban J connectivity index is 1.24. The third kappa shape index (κ3) is 7.72. The highest BCUT2D eigenvalue weighted by atomic mass is 35.5. The number of fused-ring (bicyclic) bond motifs is 1. The van der Waals surface area contributed by atoms with Crippen LogP contribution in [0.25, 0.3) is 22.5 Å². The Morgan fingerprint density at radius 2 is 1.42 bits per heavy atom. The van der Waals surface area contributed by atoms with Gasteiger partial charge in [0.15, 0.2) is 5.82 Å². The Morgan fingerprint density at radius 3 is 2.05 bits per heavy atom. The zero-order chi connectivity index (χ0) is 30.4. The first-order valence-corrected chi connectivity index (χ1v) is 16.4. The second-order valence-corrected chi connectivity index (χ2v) is 13.0. The fourth-order valence-corrected chi connectivity index (χ4v) is 6.34. The van der Waals surface area contributed by atoms with Crippen molar-refractivity contribution in [3.8, 4) is 22.5 Å². The van der Waals surface area contributed by atoms with Gasteiger partial charge in [-0.3, -0.25) is 4.79 Å². The van der Waals surface area contributed by atoms with E-state index in [-0.39, 0.29) is 11.3 Å². The van der Waals surface area contributed by atoms with E-state index in [2.05, 4.69) is 9.62 Å². The topological polar surface area (TPSA) is 112 Å². The van der Waals surface area contributed by atoms with Gasteiger partial charge in [0.1, 0.15) is 11.8 Å².